The van der Waals surface area contributed by atoms with E-state index in [1.165, 1.54) is 6.07 Å². The second-order valence-electron chi connectivity index (χ2n) is 3.91. The van der Waals surface area contributed by atoms with Gasteiger partial charge in [-0.25, -0.2) is 0 Å². The molecule has 6 heteroatoms. The lowest BCUT2D eigenvalue weighted by atomic mass is 10.2. The van der Waals surface area contributed by atoms with Gasteiger partial charge in [0.25, 0.3) is 5.69 Å². The quantitative estimate of drug-likeness (QED) is 0.652. The smallest absolute Gasteiger partial charge is 0.269 e. The SMILES string of the molecule is O=[N+]([O-])c1cccc(CNc2ccc(Cl)c(Br)c2)c1. The number of non-ortho nitro benzene ring substituents is 1. The topological polar surface area (TPSA) is 55.2 Å². The van der Waals surface area contributed by atoms with Crippen LogP contribution >= 0.6 is 27.5 Å². The zero-order valence-corrected chi connectivity index (χ0v) is 12.1. The molecule has 0 fully saturated rings. The van der Waals surface area contributed by atoms with Crippen molar-refractivity contribution in [1.82, 2.24) is 0 Å². The van der Waals surface area contributed by atoms with Crippen LogP contribution in [0.25, 0.3) is 0 Å². The Morgan fingerprint density at radius 3 is 2.74 bits per heavy atom. The normalized spacial score (nSPS) is 10.2. The molecule has 0 spiro atoms. The molecule has 0 saturated heterocycles. The first-order chi connectivity index (χ1) is 9.06. The fourth-order valence-electron chi connectivity index (χ4n) is 1.59. The average Bonchev–Trinajstić information content (AvgIpc) is 2.40. The first kappa shape index (κ1) is 13.8. The summed E-state index contributed by atoms with van der Waals surface area (Å²) in [7, 11) is 0. The van der Waals surface area contributed by atoms with E-state index in [-0.39, 0.29) is 5.69 Å². The van der Waals surface area contributed by atoms with E-state index in [9.17, 15) is 10.1 Å². The summed E-state index contributed by atoms with van der Waals surface area (Å²) in [4.78, 5) is 10.3. The van der Waals surface area contributed by atoms with Crippen LogP contribution in [0.1, 0.15) is 5.56 Å². The molecule has 0 radical (unpaired) electrons. The predicted molar refractivity (Wildman–Crippen MR) is 79.6 cm³/mol. The number of nitrogens with zero attached hydrogens (tertiary/aromatic N) is 1. The zero-order valence-electron chi connectivity index (χ0n) is 9.77. The minimum Gasteiger partial charge on any atom is -0.381 e. The number of nitrogens with one attached hydrogen (secondary N) is 1. The molecule has 1 N–H and O–H groups in total. The third-order valence-corrected chi connectivity index (χ3v) is 3.75. The molecule has 98 valence electrons. The Kier molecular flexibility index (Phi) is 4.39. The van der Waals surface area contributed by atoms with Gasteiger partial charge in [0.1, 0.15) is 0 Å². The molecule has 0 amide bonds. The number of benzene rings is 2. The van der Waals surface area contributed by atoms with Crippen molar-refractivity contribution in [3.8, 4) is 0 Å². The summed E-state index contributed by atoms with van der Waals surface area (Å²) in [5.74, 6) is 0. The summed E-state index contributed by atoms with van der Waals surface area (Å²) in [5.41, 5.74) is 1.83. The van der Waals surface area contributed by atoms with Crippen LogP contribution in [-0.4, -0.2) is 4.92 Å². The predicted octanol–water partition coefficient (Wildman–Crippen LogP) is 4.62. The summed E-state index contributed by atoms with van der Waals surface area (Å²) >= 11 is 9.25. The lowest BCUT2D eigenvalue weighted by Gasteiger charge is -2.07. The van der Waals surface area contributed by atoms with Crippen LogP contribution in [0.2, 0.25) is 5.02 Å². The molecule has 0 saturated carbocycles. The maximum absolute atomic E-state index is 10.7. The van der Waals surface area contributed by atoms with E-state index in [0.29, 0.717) is 11.6 Å². The number of nitro benzene ring substituents is 1. The van der Waals surface area contributed by atoms with Gasteiger partial charge >= 0.3 is 0 Å². The van der Waals surface area contributed by atoms with Gasteiger partial charge in [-0.1, -0.05) is 23.7 Å². The maximum atomic E-state index is 10.7. The van der Waals surface area contributed by atoms with Crippen molar-refractivity contribution in [3.63, 3.8) is 0 Å². The van der Waals surface area contributed by atoms with Gasteiger partial charge in [0.2, 0.25) is 0 Å². The Balaban J connectivity index is 2.07. The molecule has 0 aliphatic carbocycles. The number of hydrogen-bond acceptors (Lipinski definition) is 3. The molecular weight excluding hydrogens is 332 g/mol. The third kappa shape index (κ3) is 3.68. The van der Waals surface area contributed by atoms with Crippen molar-refractivity contribution in [2.45, 2.75) is 6.54 Å². The van der Waals surface area contributed by atoms with E-state index < -0.39 is 4.92 Å². The number of hydrogen-bond donors (Lipinski definition) is 1. The standard InChI is InChI=1S/C13H10BrClN2O2/c14-12-7-10(4-5-13(12)15)16-8-9-2-1-3-11(6-9)17(18)19/h1-7,16H,8H2. The van der Waals surface area contributed by atoms with Gasteiger partial charge in [0.15, 0.2) is 0 Å². The lowest BCUT2D eigenvalue weighted by Crippen LogP contribution is -2.00. The Bertz CT molecular complexity index is 619. The van der Waals surface area contributed by atoms with Gasteiger partial charge in [-0.15, -0.1) is 0 Å². The van der Waals surface area contributed by atoms with Gasteiger partial charge in [-0.3, -0.25) is 10.1 Å². The van der Waals surface area contributed by atoms with Crippen LogP contribution in [0.4, 0.5) is 11.4 Å². The average molecular weight is 342 g/mol. The van der Waals surface area contributed by atoms with Crippen LogP contribution in [0.3, 0.4) is 0 Å². The fourth-order valence-corrected chi connectivity index (χ4v) is 2.09. The number of rotatable bonds is 4. The van der Waals surface area contributed by atoms with Crippen molar-refractivity contribution < 1.29 is 4.92 Å². The van der Waals surface area contributed by atoms with Gasteiger partial charge in [0.05, 0.1) is 9.95 Å². The monoisotopic (exact) mass is 340 g/mol. The van der Waals surface area contributed by atoms with Crippen LogP contribution in [0.5, 0.6) is 0 Å². The highest BCUT2D eigenvalue weighted by molar-refractivity contribution is 9.10. The summed E-state index contributed by atoms with van der Waals surface area (Å²) in [6.07, 6.45) is 0. The second-order valence-corrected chi connectivity index (χ2v) is 5.17. The summed E-state index contributed by atoms with van der Waals surface area (Å²) in [6.45, 7) is 0.510. The molecule has 4 nitrogen and oxygen atoms in total. The van der Waals surface area contributed by atoms with Crippen molar-refractivity contribution >= 4 is 38.9 Å². The highest BCUT2D eigenvalue weighted by atomic mass is 79.9. The minimum absolute atomic E-state index is 0.0941. The minimum atomic E-state index is -0.400. The Labute approximate surface area is 123 Å². The molecule has 19 heavy (non-hydrogen) atoms. The maximum Gasteiger partial charge on any atom is 0.269 e. The molecular formula is C13H10BrClN2O2. The summed E-state index contributed by atoms with van der Waals surface area (Å²) < 4.78 is 0.804. The van der Waals surface area contributed by atoms with Crippen LogP contribution in [-0.2, 0) is 6.54 Å². The molecule has 0 atom stereocenters. The fraction of sp³-hybridized carbons (Fsp3) is 0.0769. The summed E-state index contributed by atoms with van der Waals surface area (Å²) in [5, 5.41) is 14.5. The second kappa shape index (κ2) is 6.04. The largest absolute Gasteiger partial charge is 0.381 e. The molecule has 2 rings (SSSR count). The molecule has 0 aliphatic heterocycles. The van der Waals surface area contributed by atoms with E-state index >= 15 is 0 Å². The van der Waals surface area contributed by atoms with E-state index in [1.54, 1.807) is 18.2 Å². The van der Waals surface area contributed by atoms with Crippen molar-refractivity contribution in [2.75, 3.05) is 5.32 Å². The van der Waals surface area contributed by atoms with Crippen LogP contribution < -0.4 is 5.32 Å². The molecule has 0 aliphatic rings. The van der Waals surface area contributed by atoms with Crippen LogP contribution in [0, 0.1) is 10.1 Å². The van der Waals surface area contributed by atoms with Crippen molar-refractivity contribution in [3.05, 3.63) is 67.6 Å². The third-order valence-electron chi connectivity index (χ3n) is 2.54. The van der Waals surface area contributed by atoms with E-state index in [4.69, 9.17) is 11.6 Å². The highest BCUT2D eigenvalue weighted by Crippen LogP contribution is 2.26. The van der Waals surface area contributed by atoms with Gasteiger partial charge in [0, 0.05) is 28.8 Å². The van der Waals surface area contributed by atoms with E-state index in [1.807, 2.05) is 18.2 Å². The number of nitro groups is 1. The van der Waals surface area contributed by atoms with Gasteiger partial charge < -0.3 is 5.32 Å². The molecule has 0 bridgehead atoms. The highest BCUT2D eigenvalue weighted by Gasteiger charge is 2.05. The molecule has 2 aromatic carbocycles. The van der Waals surface area contributed by atoms with E-state index in [2.05, 4.69) is 21.2 Å². The lowest BCUT2D eigenvalue weighted by molar-refractivity contribution is -0.384. The Morgan fingerprint density at radius 1 is 1.26 bits per heavy atom. The van der Waals surface area contributed by atoms with Crippen LogP contribution in [0.15, 0.2) is 46.9 Å². The number of halogens is 2. The van der Waals surface area contributed by atoms with Gasteiger partial charge in [-0.05, 0) is 39.7 Å². The Hall–Kier alpha value is -1.59. The molecule has 0 unspecified atom stereocenters. The zero-order chi connectivity index (χ0) is 13.8. The first-order valence-electron chi connectivity index (χ1n) is 5.48. The Morgan fingerprint density at radius 2 is 2.05 bits per heavy atom. The number of anilines is 1. The first-order valence-corrected chi connectivity index (χ1v) is 6.65. The molecule has 0 aromatic heterocycles. The summed E-state index contributed by atoms with van der Waals surface area (Å²) in [6, 6.07) is 12.0. The van der Waals surface area contributed by atoms with Crippen molar-refractivity contribution in [2.24, 2.45) is 0 Å². The molecule has 2 aromatic rings. The molecule has 0 heterocycles. The van der Waals surface area contributed by atoms with Crippen molar-refractivity contribution in [1.29, 1.82) is 0 Å². The van der Waals surface area contributed by atoms with E-state index in [0.717, 1.165) is 15.7 Å². The van der Waals surface area contributed by atoms with Gasteiger partial charge in [-0.2, -0.15) is 0 Å².